The third-order valence-corrected chi connectivity index (χ3v) is 8.02. The Labute approximate surface area is 235 Å². The zero-order valence-electron chi connectivity index (χ0n) is 21.9. The van der Waals surface area contributed by atoms with Crippen LogP contribution >= 0.6 is 0 Å². The normalized spacial score (nSPS) is 11.5. The fraction of sp³-hybridized carbons (Fsp3) is 0. The number of fused-ring (bicyclic) bond motifs is 6. The summed E-state index contributed by atoms with van der Waals surface area (Å²) in [5, 5.41) is 13.8. The maximum atomic E-state index is 14.6. The molecule has 0 atom stereocenters. The number of para-hydroxylation sites is 3. The van der Waals surface area contributed by atoms with E-state index < -0.39 is 5.82 Å². The Bertz CT molecular complexity index is 2340. The number of hydrogen-bond donors (Lipinski definition) is 0. The zero-order valence-corrected chi connectivity index (χ0v) is 21.9. The number of rotatable bonds is 3. The van der Waals surface area contributed by atoms with E-state index >= 15 is 0 Å². The summed E-state index contributed by atoms with van der Waals surface area (Å²) in [6, 6.07) is 47.1. The molecule has 0 bridgehead atoms. The van der Waals surface area contributed by atoms with Gasteiger partial charge in [-0.1, -0.05) is 66.7 Å². The Morgan fingerprint density at radius 3 is 1.54 bits per heavy atom. The van der Waals surface area contributed by atoms with Crippen molar-refractivity contribution in [2.75, 3.05) is 0 Å². The molecule has 6 aromatic carbocycles. The van der Waals surface area contributed by atoms with E-state index in [-0.39, 0.29) is 5.56 Å². The molecular formula is C37H22FN3. The van der Waals surface area contributed by atoms with E-state index in [9.17, 15) is 9.65 Å². The summed E-state index contributed by atoms with van der Waals surface area (Å²) in [6.45, 7) is 0. The van der Waals surface area contributed by atoms with E-state index in [0.29, 0.717) is 5.69 Å². The molecule has 0 spiro atoms. The highest BCUT2D eigenvalue weighted by Gasteiger charge is 2.16. The molecule has 0 aliphatic rings. The predicted octanol–water partition coefficient (Wildman–Crippen LogP) is 9.56. The second kappa shape index (κ2) is 8.94. The first-order chi connectivity index (χ1) is 20.2. The van der Waals surface area contributed by atoms with Gasteiger partial charge in [-0.15, -0.1) is 0 Å². The summed E-state index contributed by atoms with van der Waals surface area (Å²) in [5.74, 6) is -0.518. The SMILES string of the molecule is N#Cc1ccc(-n2c3ccccc3c3cc(-c4ccc5c(c4)c4ccccc4n5-c4ccccc4)ccc32)cc1F. The Morgan fingerprint density at radius 1 is 0.463 bits per heavy atom. The molecule has 0 amide bonds. The first-order valence-corrected chi connectivity index (χ1v) is 13.5. The molecular weight excluding hydrogens is 505 g/mol. The van der Waals surface area contributed by atoms with Gasteiger partial charge in [0, 0.05) is 32.9 Å². The molecule has 8 aromatic rings. The van der Waals surface area contributed by atoms with E-state index in [4.69, 9.17) is 0 Å². The lowest BCUT2D eigenvalue weighted by Gasteiger charge is -2.10. The Morgan fingerprint density at radius 2 is 0.976 bits per heavy atom. The summed E-state index contributed by atoms with van der Waals surface area (Å²) < 4.78 is 19.0. The van der Waals surface area contributed by atoms with Crippen LogP contribution in [0.25, 0.3) is 66.1 Å². The van der Waals surface area contributed by atoms with E-state index in [0.717, 1.165) is 38.6 Å². The molecule has 2 aromatic heterocycles. The van der Waals surface area contributed by atoms with Gasteiger partial charge in [0.2, 0.25) is 0 Å². The number of nitrogens with zero attached hydrogens (tertiary/aromatic N) is 3. The smallest absolute Gasteiger partial charge is 0.143 e. The first kappa shape index (κ1) is 23.2. The molecule has 8 rings (SSSR count). The van der Waals surface area contributed by atoms with E-state index in [1.54, 1.807) is 12.1 Å². The van der Waals surface area contributed by atoms with Crippen LogP contribution in [0, 0.1) is 17.1 Å². The van der Waals surface area contributed by atoms with Crippen LogP contribution in [0.5, 0.6) is 0 Å². The van der Waals surface area contributed by atoms with Crippen molar-refractivity contribution in [3.63, 3.8) is 0 Å². The van der Waals surface area contributed by atoms with Crippen LogP contribution in [0.15, 0.2) is 133 Å². The van der Waals surface area contributed by atoms with Crippen LogP contribution in [0.1, 0.15) is 5.56 Å². The summed E-state index contributed by atoms with van der Waals surface area (Å²) in [5.41, 5.74) is 8.45. The summed E-state index contributed by atoms with van der Waals surface area (Å²) in [6.07, 6.45) is 0. The van der Waals surface area contributed by atoms with Gasteiger partial charge >= 0.3 is 0 Å². The standard InChI is InChI=1S/C37H22FN3/c38-33-22-28(17-14-26(33)23-39)41-35-13-7-5-11-30(35)32-21-25(16-19-37(32)41)24-15-18-36-31(20-24)29-10-4-6-12-34(29)40(36)27-8-2-1-3-9-27/h1-22H. The van der Waals surface area contributed by atoms with E-state index in [2.05, 4.69) is 106 Å². The molecule has 0 aliphatic heterocycles. The molecule has 4 heteroatoms. The minimum Gasteiger partial charge on any atom is -0.309 e. The zero-order chi connectivity index (χ0) is 27.5. The Kier molecular flexibility index (Phi) is 5.07. The molecule has 0 fully saturated rings. The third kappa shape index (κ3) is 3.50. The number of hydrogen-bond acceptors (Lipinski definition) is 1. The molecule has 3 nitrogen and oxygen atoms in total. The van der Waals surface area contributed by atoms with Gasteiger partial charge in [0.05, 0.1) is 27.6 Å². The van der Waals surface area contributed by atoms with Gasteiger partial charge in [-0.05, 0) is 77.9 Å². The first-order valence-electron chi connectivity index (χ1n) is 13.5. The molecule has 0 N–H and O–H groups in total. The van der Waals surface area contributed by atoms with Gasteiger partial charge in [-0.25, -0.2) is 4.39 Å². The second-order valence-corrected chi connectivity index (χ2v) is 10.3. The molecule has 192 valence electrons. The summed E-state index contributed by atoms with van der Waals surface area (Å²) in [4.78, 5) is 0. The van der Waals surface area contributed by atoms with Crippen LogP contribution in [0.2, 0.25) is 0 Å². The number of aromatic nitrogens is 2. The van der Waals surface area contributed by atoms with Gasteiger partial charge in [0.15, 0.2) is 0 Å². The highest BCUT2D eigenvalue weighted by Crippen LogP contribution is 2.38. The van der Waals surface area contributed by atoms with Crippen molar-refractivity contribution in [2.45, 2.75) is 0 Å². The van der Waals surface area contributed by atoms with Gasteiger partial charge in [-0.2, -0.15) is 5.26 Å². The van der Waals surface area contributed by atoms with Crippen LogP contribution < -0.4 is 0 Å². The molecule has 41 heavy (non-hydrogen) atoms. The van der Waals surface area contributed by atoms with Gasteiger partial charge in [0.1, 0.15) is 11.9 Å². The maximum Gasteiger partial charge on any atom is 0.143 e. The summed E-state index contributed by atoms with van der Waals surface area (Å²) in [7, 11) is 0. The number of benzene rings is 6. The second-order valence-electron chi connectivity index (χ2n) is 10.3. The van der Waals surface area contributed by atoms with Crippen molar-refractivity contribution < 1.29 is 4.39 Å². The Balaban J connectivity index is 1.34. The highest BCUT2D eigenvalue weighted by molar-refractivity contribution is 6.12. The van der Waals surface area contributed by atoms with Crippen molar-refractivity contribution in [1.82, 2.24) is 9.13 Å². The van der Waals surface area contributed by atoms with Crippen molar-refractivity contribution in [3.05, 3.63) is 145 Å². The topological polar surface area (TPSA) is 33.6 Å². The molecule has 2 heterocycles. The lowest BCUT2D eigenvalue weighted by atomic mass is 10.0. The lowest BCUT2D eigenvalue weighted by Crippen LogP contribution is -1.96. The van der Waals surface area contributed by atoms with E-state index in [1.807, 2.05) is 24.3 Å². The molecule has 0 radical (unpaired) electrons. The van der Waals surface area contributed by atoms with Crippen LogP contribution in [0.4, 0.5) is 4.39 Å². The van der Waals surface area contributed by atoms with Crippen LogP contribution in [-0.4, -0.2) is 9.13 Å². The average molecular weight is 528 g/mol. The third-order valence-electron chi connectivity index (χ3n) is 8.02. The molecule has 0 aliphatic carbocycles. The van der Waals surface area contributed by atoms with Crippen LogP contribution in [0.3, 0.4) is 0 Å². The fourth-order valence-corrected chi connectivity index (χ4v) is 6.17. The van der Waals surface area contributed by atoms with E-state index in [1.165, 1.54) is 27.9 Å². The minimum absolute atomic E-state index is 0.0424. The maximum absolute atomic E-state index is 14.6. The highest BCUT2D eigenvalue weighted by atomic mass is 19.1. The largest absolute Gasteiger partial charge is 0.309 e. The monoisotopic (exact) mass is 527 g/mol. The quantitative estimate of drug-likeness (QED) is 0.225. The van der Waals surface area contributed by atoms with Gasteiger partial charge in [-0.3, -0.25) is 0 Å². The predicted molar refractivity (Wildman–Crippen MR) is 165 cm³/mol. The molecule has 0 unspecified atom stereocenters. The molecule has 0 saturated carbocycles. The fourth-order valence-electron chi connectivity index (χ4n) is 6.17. The average Bonchev–Trinajstić information content (AvgIpc) is 3.53. The molecule has 0 saturated heterocycles. The van der Waals surface area contributed by atoms with Crippen molar-refractivity contribution in [2.24, 2.45) is 0 Å². The Hall–Kier alpha value is -5.66. The van der Waals surface area contributed by atoms with Crippen molar-refractivity contribution in [1.29, 1.82) is 5.26 Å². The van der Waals surface area contributed by atoms with Gasteiger partial charge < -0.3 is 9.13 Å². The van der Waals surface area contributed by atoms with Crippen molar-refractivity contribution >= 4 is 43.6 Å². The van der Waals surface area contributed by atoms with Crippen molar-refractivity contribution in [3.8, 4) is 28.6 Å². The number of halogens is 1. The van der Waals surface area contributed by atoms with Gasteiger partial charge in [0.25, 0.3) is 0 Å². The lowest BCUT2D eigenvalue weighted by molar-refractivity contribution is 0.623. The summed E-state index contributed by atoms with van der Waals surface area (Å²) >= 11 is 0. The minimum atomic E-state index is -0.518. The van der Waals surface area contributed by atoms with Crippen LogP contribution in [-0.2, 0) is 0 Å². The number of nitriles is 1.